The molecule has 2 heterocycles. The molecule has 0 spiro atoms. The van der Waals surface area contributed by atoms with Crippen molar-refractivity contribution in [2.75, 3.05) is 64.8 Å². The fraction of sp³-hybridized carbons (Fsp3) is 0.375. The van der Waals surface area contributed by atoms with Crippen molar-refractivity contribution in [1.29, 1.82) is 0 Å². The maximum Gasteiger partial charge on any atom is 0.272 e. The largest absolute Gasteiger partial charge is 0.496 e. The van der Waals surface area contributed by atoms with Crippen molar-refractivity contribution in [3.8, 4) is 17.2 Å². The van der Waals surface area contributed by atoms with E-state index in [0.717, 1.165) is 42.8 Å². The number of likely N-dealkylation sites (N-methyl/N-ethyl adjacent to an activating group) is 1. The quantitative estimate of drug-likeness (QED) is 0.613. The molecule has 32 heavy (non-hydrogen) atoms. The normalized spacial score (nSPS) is 14.5. The van der Waals surface area contributed by atoms with Crippen LogP contribution in [0.4, 0.5) is 11.4 Å². The molecule has 0 aliphatic carbocycles. The highest BCUT2D eigenvalue weighted by molar-refractivity contribution is 6.08. The van der Waals surface area contributed by atoms with E-state index in [4.69, 9.17) is 14.2 Å². The molecule has 4 rings (SSSR count). The molecule has 1 fully saturated rings. The van der Waals surface area contributed by atoms with Crippen molar-refractivity contribution in [3.63, 3.8) is 0 Å². The fourth-order valence-corrected chi connectivity index (χ4v) is 4.10. The van der Waals surface area contributed by atoms with E-state index in [2.05, 4.69) is 39.3 Å². The number of rotatable bonds is 6. The lowest BCUT2D eigenvalue weighted by molar-refractivity contribution is 0.102. The smallest absolute Gasteiger partial charge is 0.272 e. The SMILES string of the molecule is COc1cc(OC)c2cc(C(=O)Nc3ccc(N4CCN(C)CC4)cc3C)[nH]c2c1OC. The minimum atomic E-state index is -0.236. The van der Waals surface area contributed by atoms with Gasteiger partial charge >= 0.3 is 0 Å². The lowest BCUT2D eigenvalue weighted by Crippen LogP contribution is -2.44. The van der Waals surface area contributed by atoms with E-state index >= 15 is 0 Å². The van der Waals surface area contributed by atoms with Crippen LogP contribution < -0.4 is 24.4 Å². The first kappa shape index (κ1) is 21.8. The Morgan fingerprint density at radius 2 is 1.69 bits per heavy atom. The van der Waals surface area contributed by atoms with E-state index < -0.39 is 0 Å². The third kappa shape index (κ3) is 4.05. The van der Waals surface area contributed by atoms with Crippen LogP contribution in [0.2, 0.25) is 0 Å². The lowest BCUT2D eigenvalue weighted by atomic mass is 10.1. The Hall–Kier alpha value is -3.39. The summed E-state index contributed by atoms with van der Waals surface area (Å²) in [6, 6.07) is 9.67. The number of hydrogen-bond acceptors (Lipinski definition) is 6. The molecule has 1 saturated heterocycles. The molecule has 0 atom stereocenters. The van der Waals surface area contributed by atoms with Gasteiger partial charge in [0.25, 0.3) is 5.91 Å². The first-order valence-electron chi connectivity index (χ1n) is 10.6. The number of fused-ring (bicyclic) bond motifs is 1. The van der Waals surface area contributed by atoms with Gasteiger partial charge in [-0.3, -0.25) is 4.79 Å². The minimum absolute atomic E-state index is 0.236. The molecule has 3 aromatic rings. The average Bonchev–Trinajstić information content (AvgIpc) is 3.25. The maximum atomic E-state index is 13.0. The van der Waals surface area contributed by atoms with Crippen LogP contribution in [0.1, 0.15) is 16.1 Å². The van der Waals surface area contributed by atoms with Crippen molar-refractivity contribution < 1.29 is 19.0 Å². The second-order valence-electron chi connectivity index (χ2n) is 8.03. The van der Waals surface area contributed by atoms with Gasteiger partial charge in [0.1, 0.15) is 11.4 Å². The molecule has 1 aliphatic rings. The topological polar surface area (TPSA) is 79.1 Å². The molecule has 1 amide bonds. The molecule has 1 aliphatic heterocycles. The molecule has 1 aromatic heterocycles. The summed E-state index contributed by atoms with van der Waals surface area (Å²) in [5, 5.41) is 3.77. The van der Waals surface area contributed by atoms with Gasteiger partial charge in [0, 0.05) is 49.0 Å². The molecule has 2 aromatic carbocycles. The van der Waals surface area contributed by atoms with Crippen LogP contribution in [-0.4, -0.2) is 70.3 Å². The van der Waals surface area contributed by atoms with E-state index in [1.165, 1.54) is 5.69 Å². The van der Waals surface area contributed by atoms with Gasteiger partial charge in [-0.25, -0.2) is 0 Å². The molecule has 8 heteroatoms. The first-order valence-corrected chi connectivity index (χ1v) is 10.6. The van der Waals surface area contributed by atoms with E-state index in [1.54, 1.807) is 33.5 Å². The molecule has 0 bridgehead atoms. The van der Waals surface area contributed by atoms with Crippen LogP contribution in [0.15, 0.2) is 30.3 Å². The molecule has 0 unspecified atom stereocenters. The number of anilines is 2. The molecular weight excluding hydrogens is 408 g/mol. The summed E-state index contributed by atoms with van der Waals surface area (Å²) in [7, 11) is 6.86. The number of amides is 1. The molecule has 170 valence electrons. The highest BCUT2D eigenvalue weighted by Crippen LogP contribution is 2.41. The zero-order valence-electron chi connectivity index (χ0n) is 19.2. The van der Waals surface area contributed by atoms with E-state index in [0.29, 0.717) is 28.5 Å². The third-order valence-corrected chi connectivity index (χ3v) is 6.01. The predicted octanol–water partition coefficient (Wildman–Crippen LogP) is 3.51. The monoisotopic (exact) mass is 438 g/mol. The van der Waals surface area contributed by atoms with E-state index in [-0.39, 0.29) is 5.91 Å². The van der Waals surface area contributed by atoms with Gasteiger partial charge in [-0.2, -0.15) is 0 Å². The number of carbonyl (C=O) groups excluding carboxylic acids is 1. The number of aromatic amines is 1. The zero-order valence-corrected chi connectivity index (χ0v) is 19.2. The van der Waals surface area contributed by atoms with Crippen LogP contribution in [-0.2, 0) is 0 Å². The number of ether oxygens (including phenoxy) is 3. The Labute approximate surface area is 188 Å². The van der Waals surface area contributed by atoms with Crippen molar-refractivity contribution in [3.05, 3.63) is 41.6 Å². The maximum absolute atomic E-state index is 13.0. The average molecular weight is 439 g/mol. The van der Waals surface area contributed by atoms with Crippen LogP contribution in [0.25, 0.3) is 10.9 Å². The van der Waals surface area contributed by atoms with Gasteiger partial charge in [-0.15, -0.1) is 0 Å². The second kappa shape index (κ2) is 9.00. The summed E-state index contributed by atoms with van der Waals surface area (Å²) < 4.78 is 16.4. The van der Waals surface area contributed by atoms with Crippen molar-refractivity contribution in [2.45, 2.75) is 6.92 Å². The summed E-state index contributed by atoms with van der Waals surface area (Å²) >= 11 is 0. The Bertz CT molecular complexity index is 1130. The van der Waals surface area contributed by atoms with Gasteiger partial charge < -0.3 is 34.3 Å². The highest BCUT2D eigenvalue weighted by Gasteiger charge is 2.20. The standard InChI is InChI=1S/C24H30N4O4/c1-15-12-16(28-10-8-27(2)9-11-28)6-7-18(15)26-24(29)19-13-17-20(30-3)14-21(31-4)23(32-5)22(17)25-19/h6-7,12-14,25H,8-11H2,1-5H3,(H,26,29). The number of H-pyrrole nitrogens is 1. The number of hydrogen-bond donors (Lipinski definition) is 2. The summed E-state index contributed by atoms with van der Waals surface area (Å²) in [4.78, 5) is 20.9. The van der Waals surface area contributed by atoms with Crippen molar-refractivity contribution in [2.24, 2.45) is 0 Å². The van der Waals surface area contributed by atoms with Crippen LogP contribution in [0, 0.1) is 6.92 Å². The number of aryl methyl sites for hydroxylation is 1. The Balaban J connectivity index is 1.59. The minimum Gasteiger partial charge on any atom is -0.496 e. The number of benzene rings is 2. The molecule has 2 N–H and O–H groups in total. The third-order valence-electron chi connectivity index (χ3n) is 6.01. The fourth-order valence-electron chi connectivity index (χ4n) is 4.10. The van der Waals surface area contributed by atoms with E-state index in [9.17, 15) is 4.79 Å². The number of nitrogens with zero attached hydrogens (tertiary/aromatic N) is 2. The number of piperazine rings is 1. The second-order valence-corrected chi connectivity index (χ2v) is 8.03. The predicted molar refractivity (Wildman–Crippen MR) is 127 cm³/mol. The zero-order chi connectivity index (χ0) is 22.8. The molecular formula is C24H30N4O4. The molecule has 8 nitrogen and oxygen atoms in total. The van der Waals surface area contributed by atoms with Gasteiger partial charge in [0.2, 0.25) is 0 Å². The molecule has 0 radical (unpaired) electrons. The molecule has 0 saturated carbocycles. The number of nitrogens with one attached hydrogen (secondary N) is 2. The van der Waals surface area contributed by atoms with E-state index in [1.807, 2.05) is 13.0 Å². The summed E-state index contributed by atoms with van der Waals surface area (Å²) in [5.74, 6) is 1.41. The number of methoxy groups -OCH3 is 3. The summed E-state index contributed by atoms with van der Waals surface area (Å²) in [5.41, 5.74) is 4.04. The highest BCUT2D eigenvalue weighted by atomic mass is 16.5. The van der Waals surface area contributed by atoms with Gasteiger partial charge in [0.15, 0.2) is 11.5 Å². The Kier molecular flexibility index (Phi) is 6.14. The van der Waals surface area contributed by atoms with Gasteiger partial charge in [-0.1, -0.05) is 0 Å². The number of carbonyl (C=O) groups is 1. The summed E-state index contributed by atoms with van der Waals surface area (Å²) in [6.45, 7) is 6.12. The van der Waals surface area contributed by atoms with Crippen LogP contribution in [0.5, 0.6) is 17.2 Å². The Morgan fingerprint density at radius 1 is 0.969 bits per heavy atom. The van der Waals surface area contributed by atoms with Crippen molar-refractivity contribution >= 4 is 28.2 Å². The number of aromatic nitrogens is 1. The van der Waals surface area contributed by atoms with Crippen molar-refractivity contribution in [1.82, 2.24) is 9.88 Å². The summed E-state index contributed by atoms with van der Waals surface area (Å²) in [6.07, 6.45) is 0. The van der Waals surface area contributed by atoms with Gasteiger partial charge in [-0.05, 0) is 43.8 Å². The lowest BCUT2D eigenvalue weighted by Gasteiger charge is -2.34. The van der Waals surface area contributed by atoms with Crippen LogP contribution in [0.3, 0.4) is 0 Å². The van der Waals surface area contributed by atoms with Gasteiger partial charge in [0.05, 0.1) is 26.8 Å². The van der Waals surface area contributed by atoms with Crippen LogP contribution >= 0.6 is 0 Å². The Morgan fingerprint density at radius 3 is 2.31 bits per heavy atom. The first-order chi connectivity index (χ1) is 15.4.